The van der Waals surface area contributed by atoms with Crippen LogP contribution in [0, 0.1) is 5.82 Å². The Morgan fingerprint density at radius 2 is 2.20 bits per heavy atom. The summed E-state index contributed by atoms with van der Waals surface area (Å²) in [5.41, 5.74) is -0.821. The molecule has 10 heteroatoms. The number of fused-ring (bicyclic) bond motifs is 2. The maximum Gasteiger partial charge on any atom is 0.319 e. The van der Waals surface area contributed by atoms with Crippen molar-refractivity contribution in [2.45, 2.75) is 50.4 Å². The van der Waals surface area contributed by atoms with Gasteiger partial charge in [0.2, 0.25) is 0 Å². The first kappa shape index (κ1) is 21.4. The number of alkyl halides is 1. The SMILES string of the molecule is COCC(C)(C)Nc1nc(OC[C@@]23CCCN2C[C@H](F)C3)nc2c(F)c(Cl)ncc12. The van der Waals surface area contributed by atoms with Gasteiger partial charge in [0.15, 0.2) is 11.0 Å². The first-order valence-corrected chi connectivity index (χ1v) is 10.4. The van der Waals surface area contributed by atoms with Crippen LogP contribution in [0.4, 0.5) is 14.6 Å². The molecule has 0 amide bonds. The topological polar surface area (TPSA) is 72.4 Å². The predicted octanol–water partition coefficient (Wildman–Crippen LogP) is 3.61. The summed E-state index contributed by atoms with van der Waals surface area (Å²) in [5, 5.41) is 3.37. The average molecular weight is 442 g/mol. The highest BCUT2D eigenvalue weighted by Crippen LogP contribution is 2.40. The highest BCUT2D eigenvalue weighted by Gasteiger charge is 2.49. The van der Waals surface area contributed by atoms with Crippen LogP contribution in [0.2, 0.25) is 5.15 Å². The first-order valence-electron chi connectivity index (χ1n) is 10.0. The lowest BCUT2D eigenvalue weighted by Gasteiger charge is -2.31. The van der Waals surface area contributed by atoms with Gasteiger partial charge >= 0.3 is 6.01 Å². The molecule has 0 bridgehead atoms. The molecule has 2 aliphatic heterocycles. The fraction of sp³-hybridized carbons (Fsp3) is 0.650. The van der Waals surface area contributed by atoms with Crippen LogP contribution in [0.25, 0.3) is 10.9 Å². The molecule has 0 aliphatic carbocycles. The van der Waals surface area contributed by atoms with E-state index in [2.05, 4.69) is 25.2 Å². The number of hydrogen-bond acceptors (Lipinski definition) is 7. The second kappa shape index (κ2) is 8.01. The van der Waals surface area contributed by atoms with Crippen molar-refractivity contribution in [2.75, 3.05) is 38.7 Å². The van der Waals surface area contributed by atoms with Gasteiger partial charge in [-0.25, -0.2) is 13.8 Å². The number of anilines is 1. The van der Waals surface area contributed by atoms with Gasteiger partial charge in [0.25, 0.3) is 0 Å². The van der Waals surface area contributed by atoms with E-state index in [-0.39, 0.29) is 28.8 Å². The maximum absolute atomic E-state index is 14.7. The number of methoxy groups -OCH3 is 1. The van der Waals surface area contributed by atoms with Crippen LogP contribution in [0.5, 0.6) is 6.01 Å². The molecule has 2 atom stereocenters. The van der Waals surface area contributed by atoms with E-state index in [1.54, 1.807) is 7.11 Å². The Morgan fingerprint density at radius 1 is 1.40 bits per heavy atom. The molecule has 1 N–H and O–H groups in total. The maximum atomic E-state index is 14.7. The van der Waals surface area contributed by atoms with Gasteiger partial charge in [-0.3, -0.25) is 4.90 Å². The van der Waals surface area contributed by atoms with Crippen LogP contribution in [-0.4, -0.2) is 70.5 Å². The van der Waals surface area contributed by atoms with Crippen LogP contribution >= 0.6 is 11.6 Å². The van der Waals surface area contributed by atoms with E-state index in [0.717, 1.165) is 19.4 Å². The van der Waals surface area contributed by atoms with Crippen molar-refractivity contribution >= 4 is 28.3 Å². The zero-order valence-electron chi connectivity index (χ0n) is 17.3. The minimum Gasteiger partial charge on any atom is -0.461 e. The summed E-state index contributed by atoms with van der Waals surface area (Å²) < 4.78 is 39.9. The van der Waals surface area contributed by atoms with Crippen LogP contribution in [-0.2, 0) is 4.74 Å². The molecule has 0 unspecified atom stereocenters. The number of nitrogens with zero attached hydrogens (tertiary/aromatic N) is 4. The van der Waals surface area contributed by atoms with Crippen molar-refractivity contribution in [3.05, 3.63) is 17.2 Å². The Morgan fingerprint density at radius 3 is 2.97 bits per heavy atom. The quantitative estimate of drug-likeness (QED) is 0.658. The summed E-state index contributed by atoms with van der Waals surface area (Å²) in [6.45, 7) is 5.79. The van der Waals surface area contributed by atoms with Gasteiger partial charge in [-0.05, 0) is 33.2 Å². The van der Waals surface area contributed by atoms with Crippen molar-refractivity contribution in [2.24, 2.45) is 0 Å². The molecule has 4 heterocycles. The third-order valence-corrected chi connectivity index (χ3v) is 6.08. The van der Waals surface area contributed by atoms with Gasteiger partial charge in [-0.1, -0.05) is 11.6 Å². The Hall–Kier alpha value is -1.84. The van der Waals surface area contributed by atoms with Gasteiger partial charge in [0.05, 0.1) is 23.1 Å². The van der Waals surface area contributed by atoms with E-state index in [1.165, 1.54) is 6.20 Å². The average Bonchev–Trinajstić information content (AvgIpc) is 3.18. The molecule has 164 valence electrons. The molecule has 2 aliphatic rings. The lowest BCUT2D eigenvalue weighted by Crippen LogP contribution is -2.43. The molecule has 0 radical (unpaired) electrons. The van der Waals surface area contributed by atoms with E-state index in [0.29, 0.717) is 30.8 Å². The van der Waals surface area contributed by atoms with Gasteiger partial charge in [-0.2, -0.15) is 9.97 Å². The summed E-state index contributed by atoms with van der Waals surface area (Å²) in [6.07, 6.45) is 2.86. The van der Waals surface area contributed by atoms with Crippen molar-refractivity contribution in [3.8, 4) is 6.01 Å². The summed E-state index contributed by atoms with van der Waals surface area (Å²) in [6, 6.07) is 0.0166. The van der Waals surface area contributed by atoms with Gasteiger partial charge in [-0.15, -0.1) is 0 Å². The van der Waals surface area contributed by atoms with Crippen LogP contribution in [0.15, 0.2) is 6.20 Å². The highest BCUT2D eigenvalue weighted by molar-refractivity contribution is 6.30. The minimum atomic E-state index is -0.860. The molecule has 2 aromatic heterocycles. The van der Waals surface area contributed by atoms with Crippen molar-refractivity contribution in [1.82, 2.24) is 19.9 Å². The minimum absolute atomic E-state index is 0.0166. The molecule has 0 aromatic carbocycles. The third-order valence-electron chi connectivity index (χ3n) is 5.81. The van der Waals surface area contributed by atoms with Crippen LogP contribution < -0.4 is 10.1 Å². The molecule has 2 saturated heterocycles. The van der Waals surface area contributed by atoms with E-state index in [4.69, 9.17) is 21.1 Å². The second-order valence-corrected chi connectivity index (χ2v) is 9.14. The molecule has 7 nitrogen and oxygen atoms in total. The summed E-state index contributed by atoms with van der Waals surface area (Å²) in [5.74, 6) is -0.366. The molecular formula is C20H26ClF2N5O2. The third kappa shape index (κ3) is 4.02. The number of pyridine rings is 1. The van der Waals surface area contributed by atoms with E-state index in [9.17, 15) is 8.78 Å². The van der Waals surface area contributed by atoms with Gasteiger partial charge in [0.1, 0.15) is 24.1 Å². The number of hydrogen-bond donors (Lipinski definition) is 1. The normalized spacial score (nSPS) is 24.4. The van der Waals surface area contributed by atoms with E-state index in [1.807, 2.05) is 13.8 Å². The lowest BCUT2D eigenvalue weighted by atomic mass is 9.95. The zero-order chi connectivity index (χ0) is 21.5. The Balaban J connectivity index is 1.67. The number of ether oxygens (including phenoxy) is 2. The lowest BCUT2D eigenvalue weighted by molar-refractivity contribution is 0.107. The molecule has 4 rings (SSSR count). The molecule has 2 aromatic rings. The zero-order valence-corrected chi connectivity index (χ0v) is 18.1. The molecular weight excluding hydrogens is 416 g/mol. The summed E-state index contributed by atoms with van der Waals surface area (Å²) in [7, 11) is 1.60. The Kier molecular flexibility index (Phi) is 5.71. The second-order valence-electron chi connectivity index (χ2n) is 8.79. The van der Waals surface area contributed by atoms with Gasteiger partial charge in [0, 0.05) is 26.3 Å². The molecule has 2 fully saturated rings. The van der Waals surface area contributed by atoms with Gasteiger partial charge < -0.3 is 14.8 Å². The van der Waals surface area contributed by atoms with E-state index < -0.39 is 17.5 Å². The van der Waals surface area contributed by atoms with Crippen molar-refractivity contribution in [3.63, 3.8) is 0 Å². The van der Waals surface area contributed by atoms with Crippen molar-refractivity contribution < 1.29 is 18.3 Å². The first-order chi connectivity index (χ1) is 14.2. The van der Waals surface area contributed by atoms with Crippen molar-refractivity contribution in [1.29, 1.82) is 0 Å². The Labute approximate surface area is 179 Å². The number of aromatic nitrogens is 3. The monoisotopic (exact) mass is 441 g/mol. The largest absolute Gasteiger partial charge is 0.461 e. The summed E-state index contributed by atoms with van der Waals surface area (Å²) >= 11 is 5.87. The number of rotatable bonds is 7. The van der Waals surface area contributed by atoms with Crippen LogP contribution in [0.1, 0.15) is 33.1 Å². The summed E-state index contributed by atoms with van der Waals surface area (Å²) in [4.78, 5) is 14.7. The molecule has 30 heavy (non-hydrogen) atoms. The predicted molar refractivity (Wildman–Crippen MR) is 110 cm³/mol. The standard InChI is InChI=1S/C20H26ClF2N5O2/c1-19(2,10-29-3)27-17-13-8-24-16(21)14(23)15(13)25-18(26-17)30-11-20-5-4-6-28(20)9-12(22)7-20/h8,12H,4-7,9-11H2,1-3H3,(H,25,26,27)/t12-,20+/m1/s1. The highest BCUT2D eigenvalue weighted by atomic mass is 35.5. The van der Waals surface area contributed by atoms with Crippen LogP contribution in [0.3, 0.4) is 0 Å². The number of nitrogens with one attached hydrogen (secondary N) is 1. The Bertz CT molecular complexity index is 947. The fourth-order valence-electron chi connectivity index (χ4n) is 4.54. The number of halogens is 3. The van der Waals surface area contributed by atoms with E-state index >= 15 is 0 Å². The molecule has 0 spiro atoms. The fourth-order valence-corrected chi connectivity index (χ4v) is 4.68. The smallest absolute Gasteiger partial charge is 0.319 e. The molecule has 0 saturated carbocycles.